The maximum absolute atomic E-state index is 13.7. The van der Waals surface area contributed by atoms with Crippen molar-refractivity contribution in [3.05, 3.63) is 59.2 Å². The third-order valence-corrected chi connectivity index (χ3v) is 7.66. The van der Waals surface area contributed by atoms with Gasteiger partial charge in [0, 0.05) is 13.1 Å². The highest BCUT2D eigenvalue weighted by Crippen LogP contribution is 2.32. The van der Waals surface area contributed by atoms with Crippen LogP contribution in [-0.4, -0.2) is 99.7 Å². The van der Waals surface area contributed by atoms with Crippen LogP contribution in [0.4, 0.5) is 8.78 Å². The van der Waals surface area contributed by atoms with Crippen molar-refractivity contribution in [2.75, 3.05) is 13.1 Å². The fraction of sp³-hybridized carbons (Fsp3) is 0.536. The van der Waals surface area contributed by atoms with Gasteiger partial charge in [-0.25, -0.2) is 13.6 Å². The first-order valence-corrected chi connectivity index (χ1v) is 13.5. The molecular formula is C28H33F2NO10. The highest BCUT2D eigenvalue weighted by Gasteiger charge is 2.49. The number of aryl methyl sites for hydroxylation is 2. The first-order chi connectivity index (χ1) is 19.6. The Balaban J connectivity index is 1.26. The fourth-order valence-corrected chi connectivity index (χ4v) is 5.40. The Bertz CT molecular complexity index is 1230. The summed E-state index contributed by atoms with van der Waals surface area (Å²) >= 11 is 0. The van der Waals surface area contributed by atoms with Gasteiger partial charge in [0.1, 0.15) is 65.9 Å². The Kier molecular flexibility index (Phi) is 9.04. The van der Waals surface area contributed by atoms with Crippen molar-refractivity contribution in [2.45, 2.75) is 80.8 Å². The molecule has 3 heterocycles. The topological polar surface area (TPSA) is 167 Å². The molecule has 3 aliphatic rings. The second-order valence-corrected chi connectivity index (χ2v) is 10.5. The average Bonchev–Trinajstić information content (AvgIpc) is 2.95. The van der Waals surface area contributed by atoms with E-state index >= 15 is 0 Å². The van der Waals surface area contributed by atoms with E-state index in [2.05, 4.69) is 5.32 Å². The Hall–Kier alpha value is -2.91. The summed E-state index contributed by atoms with van der Waals surface area (Å²) in [5, 5.41) is 54.0. The third-order valence-electron chi connectivity index (χ3n) is 7.66. The zero-order valence-electron chi connectivity index (χ0n) is 21.9. The number of halogens is 2. The van der Waals surface area contributed by atoms with E-state index in [-0.39, 0.29) is 18.9 Å². The lowest BCUT2D eigenvalue weighted by atomic mass is 9.97. The molecule has 1 fully saturated rings. The predicted molar refractivity (Wildman–Crippen MR) is 136 cm³/mol. The molecule has 0 radical (unpaired) electrons. The lowest BCUT2D eigenvalue weighted by Gasteiger charge is -2.41. The summed E-state index contributed by atoms with van der Waals surface area (Å²) in [5.41, 5.74) is 1.39. The number of hydrogen-bond donors (Lipinski definition) is 6. The van der Waals surface area contributed by atoms with E-state index in [1.165, 1.54) is 36.4 Å². The Morgan fingerprint density at radius 3 is 2.10 bits per heavy atom. The van der Waals surface area contributed by atoms with Gasteiger partial charge in [-0.05, 0) is 73.2 Å². The van der Waals surface area contributed by atoms with Gasteiger partial charge in [-0.15, -0.1) is 0 Å². The normalized spacial score (nSPS) is 30.7. The van der Waals surface area contributed by atoms with Gasteiger partial charge in [0.15, 0.2) is 12.4 Å². The Morgan fingerprint density at radius 1 is 0.902 bits per heavy atom. The maximum atomic E-state index is 13.7. The number of aliphatic hydroxyl groups excluding tert-OH is 4. The second-order valence-electron chi connectivity index (χ2n) is 10.5. The number of nitrogens with one attached hydrogen (secondary N) is 1. The molecule has 5 rings (SSSR count). The lowest BCUT2D eigenvalue weighted by molar-refractivity contribution is -0.309. The molecule has 0 bridgehead atoms. The molecule has 0 aromatic heterocycles. The molecule has 2 aromatic rings. The Morgan fingerprint density at radius 2 is 1.49 bits per heavy atom. The van der Waals surface area contributed by atoms with Crippen LogP contribution < -0.4 is 14.8 Å². The van der Waals surface area contributed by atoms with Gasteiger partial charge in [0.05, 0.1) is 0 Å². The van der Waals surface area contributed by atoms with Crippen molar-refractivity contribution >= 4 is 5.97 Å². The maximum Gasteiger partial charge on any atom is 0.335 e. The molecule has 0 unspecified atom stereocenters. The number of carbonyl (C=O) groups is 1. The molecule has 6 N–H and O–H groups in total. The van der Waals surface area contributed by atoms with Crippen LogP contribution in [0.15, 0.2) is 36.4 Å². The number of fused-ring (bicyclic) bond motifs is 2. The van der Waals surface area contributed by atoms with Gasteiger partial charge in [0.25, 0.3) is 0 Å². The van der Waals surface area contributed by atoms with Crippen molar-refractivity contribution in [3.63, 3.8) is 0 Å². The molecule has 0 amide bonds. The first kappa shape index (κ1) is 29.6. The van der Waals surface area contributed by atoms with E-state index in [1.54, 1.807) is 0 Å². The summed E-state index contributed by atoms with van der Waals surface area (Å²) in [6.45, 7) is 0.0957. The largest absolute Gasteiger partial charge is 0.487 e. The highest BCUT2D eigenvalue weighted by atomic mass is 19.1. The smallest absolute Gasteiger partial charge is 0.335 e. The fourth-order valence-electron chi connectivity index (χ4n) is 5.40. The van der Waals surface area contributed by atoms with Gasteiger partial charge in [0.2, 0.25) is 0 Å². The third kappa shape index (κ3) is 6.61. The Labute approximate surface area is 234 Å². The zero-order valence-corrected chi connectivity index (χ0v) is 21.9. The summed E-state index contributed by atoms with van der Waals surface area (Å²) in [4.78, 5) is 11.5. The minimum atomic E-state index is -1.88. The number of rotatable bonds is 9. The molecule has 3 aliphatic heterocycles. The number of ether oxygens (including phenoxy) is 4. The van der Waals surface area contributed by atoms with Crippen LogP contribution in [0.1, 0.15) is 24.0 Å². The molecule has 0 aliphatic carbocycles. The number of benzene rings is 2. The minimum Gasteiger partial charge on any atom is -0.487 e. The van der Waals surface area contributed by atoms with E-state index in [1.807, 2.05) is 0 Å². The van der Waals surface area contributed by atoms with E-state index in [4.69, 9.17) is 18.9 Å². The monoisotopic (exact) mass is 581 g/mol. The summed E-state index contributed by atoms with van der Waals surface area (Å²) < 4.78 is 50.4. The highest BCUT2D eigenvalue weighted by molar-refractivity contribution is 5.73. The lowest BCUT2D eigenvalue weighted by Crippen LogP contribution is -2.62. The number of carboxylic acid groups (broad SMARTS) is 1. The summed E-state index contributed by atoms with van der Waals surface area (Å²) in [7, 11) is 0. The van der Waals surface area contributed by atoms with Gasteiger partial charge in [-0.2, -0.15) is 0 Å². The molecule has 11 nitrogen and oxygen atoms in total. The van der Waals surface area contributed by atoms with Crippen LogP contribution in [0, 0.1) is 11.6 Å². The number of carboxylic acids is 1. The molecule has 1 saturated heterocycles. The van der Waals surface area contributed by atoms with Crippen LogP contribution in [0.2, 0.25) is 0 Å². The predicted octanol–water partition coefficient (Wildman–Crippen LogP) is 0.280. The minimum absolute atomic E-state index is 0.0374. The SMILES string of the molecule is O=C(O)[C@H]1O[C@H](O[C@@H](CNC[C@H](O)[C@H]2CCc3cc(F)ccc3O2)[C@@H]2CCc3cc(F)ccc3O2)[C@H](O)[C@@H](O)[C@@H]1O. The molecule has 13 heteroatoms. The van der Waals surface area contributed by atoms with Crippen molar-refractivity contribution in [1.29, 1.82) is 0 Å². The molecular weight excluding hydrogens is 548 g/mol. The van der Waals surface area contributed by atoms with Crippen molar-refractivity contribution in [3.8, 4) is 11.5 Å². The van der Waals surface area contributed by atoms with E-state index in [9.17, 15) is 39.1 Å². The van der Waals surface area contributed by atoms with Crippen LogP contribution in [0.5, 0.6) is 11.5 Å². The molecule has 0 saturated carbocycles. The molecule has 2 aromatic carbocycles. The molecule has 224 valence electrons. The summed E-state index contributed by atoms with van der Waals surface area (Å²) in [6, 6.07) is 8.33. The van der Waals surface area contributed by atoms with Gasteiger partial charge in [-0.3, -0.25) is 0 Å². The standard InChI is InChI=1S/C28H33F2NO10/c29-15-3-7-18-13(9-15)1-5-20(38-18)17(32)11-31-12-22(21-6-2-14-10-16(30)4-8-19(14)39-21)40-28-25(35)23(33)24(34)26(41-28)27(36)37/h3-4,7-10,17,20-26,28,31-35H,1-2,5-6,11-12H2,(H,36,37)/t17-,20+,21-,22-,23-,24-,25+,26-,28-/m0/s1. The van der Waals surface area contributed by atoms with E-state index in [0.29, 0.717) is 42.7 Å². The first-order valence-electron chi connectivity index (χ1n) is 13.5. The van der Waals surface area contributed by atoms with Gasteiger partial charge >= 0.3 is 5.97 Å². The van der Waals surface area contributed by atoms with Gasteiger partial charge < -0.3 is 49.8 Å². The number of hydrogen-bond acceptors (Lipinski definition) is 10. The summed E-state index contributed by atoms with van der Waals surface area (Å²) in [6.07, 6.45) is -10.2. The summed E-state index contributed by atoms with van der Waals surface area (Å²) in [5.74, 6) is -1.37. The number of aliphatic carboxylic acids is 1. The zero-order chi connectivity index (χ0) is 29.3. The van der Waals surface area contributed by atoms with Crippen LogP contribution in [-0.2, 0) is 27.1 Å². The molecule has 0 spiro atoms. The molecule has 41 heavy (non-hydrogen) atoms. The van der Waals surface area contributed by atoms with Crippen molar-refractivity contribution in [1.82, 2.24) is 5.32 Å². The van der Waals surface area contributed by atoms with Crippen LogP contribution in [0.3, 0.4) is 0 Å². The molecule has 9 atom stereocenters. The average molecular weight is 582 g/mol. The second kappa shape index (κ2) is 12.5. The van der Waals surface area contributed by atoms with Crippen LogP contribution >= 0.6 is 0 Å². The van der Waals surface area contributed by atoms with Crippen LogP contribution in [0.25, 0.3) is 0 Å². The number of aliphatic hydroxyl groups is 4. The van der Waals surface area contributed by atoms with E-state index in [0.717, 1.165) is 5.56 Å². The van der Waals surface area contributed by atoms with E-state index < -0.39 is 66.9 Å². The van der Waals surface area contributed by atoms with Crippen molar-refractivity contribution < 1.29 is 58.1 Å². The van der Waals surface area contributed by atoms with Gasteiger partial charge in [-0.1, -0.05) is 0 Å². The quantitative estimate of drug-likeness (QED) is 0.241. The van der Waals surface area contributed by atoms with Crippen molar-refractivity contribution in [2.24, 2.45) is 0 Å².